The maximum Gasteiger partial charge on any atom is 0.184 e. The van der Waals surface area contributed by atoms with Crippen LogP contribution in [0.5, 0.6) is 11.5 Å². The van der Waals surface area contributed by atoms with Crippen LogP contribution in [0.3, 0.4) is 0 Å². The smallest absolute Gasteiger partial charge is 0.184 e. The number of aliphatic hydroxyl groups is 1. The van der Waals surface area contributed by atoms with Gasteiger partial charge in [0.2, 0.25) is 0 Å². The zero-order valence-corrected chi connectivity index (χ0v) is 29.5. The molecule has 1 aromatic carbocycles. The first-order valence-corrected chi connectivity index (χ1v) is 16.3. The standard InChI is InChI=1S/C37H47IO6/c1-21(2)10-12-26(23(5)6)19-36-20-27(14-11-24(7)38)35(8,9)37(34(36)44,17-16-22(3)4)33(43)30(32(36)42)31(41)25-13-15-28(39)29(40)18-25/h10-11,13,15-16,18,26-27,39-41H,5,12,14,17,19-20H2,1-4,6-9H3/b24-11+,31-30?/t26-,27-,36-,37+/m1/s1. The Balaban J connectivity index is 2.47. The van der Waals surface area contributed by atoms with Crippen molar-refractivity contribution < 1.29 is 29.7 Å². The van der Waals surface area contributed by atoms with Crippen LogP contribution >= 0.6 is 22.6 Å². The van der Waals surface area contributed by atoms with Crippen molar-refractivity contribution in [2.75, 3.05) is 0 Å². The van der Waals surface area contributed by atoms with Crippen LogP contribution in [-0.4, -0.2) is 32.7 Å². The molecule has 238 valence electrons. The summed E-state index contributed by atoms with van der Waals surface area (Å²) in [6.07, 6.45) is 7.76. The summed E-state index contributed by atoms with van der Waals surface area (Å²) in [6.45, 7) is 19.8. The number of fused-ring (bicyclic) bond motifs is 2. The molecule has 0 heterocycles. The minimum Gasteiger partial charge on any atom is -0.506 e. The van der Waals surface area contributed by atoms with Crippen molar-refractivity contribution in [3.63, 3.8) is 0 Å². The van der Waals surface area contributed by atoms with Crippen LogP contribution in [0, 0.1) is 28.1 Å². The minimum absolute atomic E-state index is 0.00996. The monoisotopic (exact) mass is 714 g/mol. The number of ketones is 3. The first kappa shape index (κ1) is 35.5. The largest absolute Gasteiger partial charge is 0.506 e. The van der Waals surface area contributed by atoms with Gasteiger partial charge in [0.1, 0.15) is 16.7 Å². The number of benzene rings is 1. The van der Waals surface area contributed by atoms with Crippen molar-refractivity contribution in [1.82, 2.24) is 0 Å². The third kappa shape index (κ3) is 6.26. The highest BCUT2D eigenvalue weighted by molar-refractivity contribution is 14.1. The SMILES string of the molecule is C=C(C)[C@H](CC=C(C)C)C[C@@]12C[C@@H](C/C=C(\C)I)C(C)(C)[C@@](CC=C(C)C)(C(=O)C(=C(O)c3ccc(O)c(O)c3)C1=O)C2=O. The number of allylic oxidation sites excluding steroid dienone is 8. The number of carbonyl (C=O) groups excluding carboxylic acids is 3. The molecule has 0 unspecified atom stereocenters. The van der Waals surface area contributed by atoms with Gasteiger partial charge >= 0.3 is 0 Å². The van der Waals surface area contributed by atoms with E-state index in [4.69, 9.17) is 0 Å². The molecule has 2 bridgehead atoms. The molecule has 3 rings (SSSR count). The fourth-order valence-electron chi connectivity index (χ4n) is 7.01. The van der Waals surface area contributed by atoms with Crippen LogP contribution in [-0.2, 0) is 14.4 Å². The molecule has 6 nitrogen and oxygen atoms in total. The van der Waals surface area contributed by atoms with Gasteiger partial charge in [-0.15, -0.1) is 0 Å². The lowest BCUT2D eigenvalue weighted by Crippen LogP contribution is -2.69. The fourth-order valence-corrected chi connectivity index (χ4v) is 7.26. The molecule has 0 spiro atoms. The molecule has 0 radical (unpaired) electrons. The quantitative estimate of drug-likeness (QED) is 0.0424. The van der Waals surface area contributed by atoms with Gasteiger partial charge < -0.3 is 15.3 Å². The Bertz CT molecular complexity index is 1490. The molecular weight excluding hydrogens is 667 g/mol. The molecule has 0 aromatic heterocycles. The first-order valence-electron chi connectivity index (χ1n) is 15.2. The molecule has 1 aromatic rings. The fraction of sp³-hybridized carbons (Fsp3) is 0.486. The van der Waals surface area contributed by atoms with Crippen LogP contribution in [0.25, 0.3) is 5.76 Å². The Labute approximate surface area is 275 Å². The van der Waals surface area contributed by atoms with Crippen LogP contribution in [0.2, 0.25) is 0 Å². The maximum atomic E-state index is 15.2. The Kier molecular flexibility index (Phi) is 10.7. The molecule has 0 saturated heterocycles. The average Bonchev–Trinajstić information content (AvgIpc) is 2.91. The van der Waals surface area contributed by atoms with E-state index in [1.807, 2.05) is 61.5 Å². The second-order valence-electron chi connectivity index (χ2n) is 13.8. The van der Waals surface area contributed by atoms with E-state index in [1.165, 1.54) is 12.1 Å². The molecule has 2 fully saturated rings. The van der Waals surface area contributed by atoms with Gasteiger partial charge in [0, 0.05) is 5.56 Å². The van der Waals surface area contributed by atoms with Crippen molar-refractivity contribution in [2.45, 2.75) is 87.5 Å². The zero-order chi connectivity index (χ0) is 33.4. The van der Waals surface area contributed by atoms with E-state index in [0.717, 1.165) is 26.4 Å². The van der Waals surface area contributed by atoms with Crippen molar-refractivity contribution in [3.8, 4) is 11.5 Å². The molecule has 7 heteroatoms. The number of phenolic OH excluding ortho intramolecular Hbond substituents is 2. The van der Waals surface area contributed by atoms with Crippen LogP contribution in [0.15, 0.2) is 68.9 Å². The number of rotatable bonds is 10. The van der Waals surface area contributed by atoms with E-state index in [9.17, 15) is 24.9 Å². The molecule has 2 saturated carbocycles. The van der Waals surface area contributed by atoms with E-state index in [-0.39, 0.29) is 42.4 Å². The van der Waals surface area contributed by atoms with Crippen LogP contribution in [0.1, 0.15) is 93.1 Å². The lowest BCUT2D eigenvalue weighted by atomic mass is 9.38. The summed E-state index contributed by atoms with van der Waals surface area (Å²) >= 11 is 2.25. The number of aliphatic hydroxyl groups excluding tert-OH is 1. The maximum absolute atomic E-state index is 15.2. The van der Waals surface area contributed by atoms with E-state index < -0.39 is 50.6 Å². The second-order valence-corrected chi connectivity index (χ2v) is 15.5. The van der Waals surface area contributed by atoms with Crippen molar-refractivity contribution in [1.29, 1.82) is 0 Å². The van der Waals surface area contributed by atoms with Gasteiger partial charge in [-0.1, -0.05) is 55.4 Å². The minimum atomic E-state index is -1.62. The molecular formula is C37H47IO6. The second kappa shape index (κ2) is 13.2. The Morgan fingerprint density at radius 1 is 0.977 bits per heavy atom. The van der Waals surface area contributed by atoms with Gasteiger partial charge in [-0.3, -0.25) is 14.4 Å². The number of hydrogen-bond donors (Lipinski definition) is 3. The summed E-state index contributed by atoms with van der Waals surface area (Å²) in [4.78, 5) is 44.9. The van der Waals surface area contributed by atoms with Gasteiger partial charge in [-0.2, -0.15) is 0 Å². The van der Waals surface area contributed by atoms with Crippen molar-refractivity contribution in [2.24, 2.45) is 28.1 Å². The summed E-state index contributed by atoms with van der Waals surface area (Å²) in [6, 6.07) is 3.65. The van der Waals surface area contributed by atoms with Crippen LogP contribution < -0.4 is 0 Å². The number of phenols is 2. The van der Waals surface area contributed by atoms with Gasteiger partial charge in [-0.05, 0) is 135 Å². The van der Waals surface area contributed by atoms with Gasteiger partial charge in [0.25, 0.3) is 0 Å². The Morgan fingerprint density at radius 2 is 1.59 bits per heavy atom. The Morgan fingerprint density at radius 3 is 2.11 bits per heavy atom. The Hall–Kier alpha value is -2.94. The van der Waals surface area contributed by atoms with E-state index in [0.29, 0.717) is 12.8 Å². The molecule has 4 atom stereocenters. The van der Waals surface area contributed by atoms with Crippen LogP contribution in [0.4, 0.5) is 0 Å². The first-order chi connectivity index (χ1) is 20.3. The summed E-state index contributed by atoms with van der Waals surface area (Å²) in [5.41, 5.74) is -1.58. The highest BCUT2D eigenvalue weighted by atomic mass is 127. The third-order valence-corrected chi connectivity index (χ3v) is 10.3. The summed E-state index contributed by atoms with van der Waals surface area (Å²) in [5, 5.41) is 31.7. The topological polar surface area (TPSA) is 112 Å². The highest BCUT2D eigenvalue weighted by Crippen LogP contribution is 2.66. The normalized spacial score (nSPS) is 26.6. The highest BCUT2D eigenvalue weighted by Gasteiger charge is 2.74. The molecule has 44 heavy (non-hydrogen) atoms. The summed E-state index contributed by atoms with van der Waals surface area (Å²) < 4.78 is 1.08. The molecule has 0 aliphatic heterocycles. The molecule has 2 aliphatic rings. The van der Waals surface area contributed by atoms with Gasteiger partial charge in [0.05, 0.1) is 5.41 Å². The van der Waals surface area contributed by atoms with Crippen molar-refractivity contribution in [3.05, 3.63) is 74.4 Å². The van der Waals surface area contributed by atoms with E-state index >= 15 is 4.79 Å². The summed E-state index contributed by atoms with van der Waals surface area (Å²) in [7, 11) is 0. The molecule has 0 amide bonds. The van der Waals surface area contributed by atoms with Gasteiger partial charge in [-0.25, -0.2) is 0 Å². The predicted octanol–water partition coefficient (Wildman–Crippen LogP) is 9.13. The third-order valence-electron chi connectivity index (χ3n) is 9.90. The number of hydrogen-bond acceptors (Lipinski definition) is 6. The summed E-state index contributed by atoms with van der Waals surface area (Å²) in [5.74, 6) is -3.62. The van der Waals surface area contributed by atoms with Gasteiger partial charge in [0.15, 0.2) is 28.8 Å². The number of aromatic hydroxyl groups is 2. The van der Waals surface area contributed by atoms with Crippen molar-refractivity contribution >= 4 is 45.7 Å². The van der Waals surface area contributed by atoms with E-state index in [1.54, 1.807) is 0 Å². The average molecular weight is 715 g/mol. The molecule has 3 N–H and O–H groups in total. The van der Waals surface area contributed by atoms with E-state index in [2.05, 4.69) is 41.3 Å². The number of carbonyl (C=O) groups is 3. The lowest BCUT2D eigenvalue weighted by molar-refractivity contribution is -0.177. The number of Topliss-reactive ketones (excluding diaryl/α,β-unsaturated/α-hetero) is 3. The zero-order valence-electron chi connectivity index (χ0n) is 27.3. The number of halogens is 1. The predicted molar refractivity (Wildman–Crippen MR) is 185 cm³/mol. The molecule has 2 aliphatic carbocycles. The lowest BCUT2D eigenvalue weighted by Gasteiger charge is -2.60.